The summed E-state index contributed by atoms with van der Waals surface area (Å²) in [7, 11) is 0. The number of carbonyl (C=O) groups excluding carboxylic acids is 1. The van der Waals surface area contributed by atoms with Crippen molar-refractivity contribution in [3.8, 4) is 0 Å². The number of fused-ring (bicyclic) bond motifs is 1. The van der Waals surface area contributed by atoms with Gasteiger partial charge in [-0.15, -0.1) is 0 Å². The predicted octanol–water partition coefficient (Wildman–Crippen LogP) is 1.22. The molecule has 2 rings (SSSR count). The molecule has 1 amide bonds. The fourth-order valence-electron chi connectivity index (χ4n) is 1.56. The molecule has 0 spiro atoms. The van der Waals surface area contributed by atoms with Crippen molar-refractivity contribution in [2.75, 3.05) is 5.43 Å². The van der Waals surface area contributed by atoms with E-state index < -0.39 is 5.91 Å². The van der Waals surface area contributed by atoms with Crippen LogP contribution in [0.25, 0.3) is 10.8 Å². The molecule has 4 nitrogen and oxygen atoms in total. The smallest absolute Gasteiger partial charge is 0.248 e. The lowest BCUT2D eigenvalue weighted by molar-refractivity contribution is 0.100. The number of benzene rings is 2. The summed E-state index contributed by atoms with van der Waals surface area (Å²) in [5, 5.41) is 1.90. The molecule has 0 aliphatic carbocycles. The van der Waals surface area contributed by atoms with E-state index in [2.05, 4.69) is 5.43 Å². The van der Waals surface area contributed by atoms with E-state index in [0.29, 0.717) is 5.56 Å². The molecular weight excluding hydrogens is 190 g/mol. The molecule has 0 fully saturated rings. The number of primary amides is 1. The summed E-state index contributed by atoms with van der Waals surface area (Å²) in [6.45, 7) is 0. The minimum Gasteiger partial charge on any atom is -0.366 e. The first kappa shape index (κ1) is 9.48. The van der Waals surface area contributed by atoms with Crippen LogP contribution in [-0.2, 0) is 0 Å². The molecule has 0 atom stereocenters. The standard InChI is InChI=1S/C11H11N3O/c12-11(15)8-4-5-9-7(6-8)2-1-3-10(9)14-13/h1-6,14H,13H2,(H2,12,15). The Kier molecular flexibility index (Phi) is 2.27. The molecule has 5 N–H and O–H groups in total. The molecular formula is C11H11N3O. The lowest BCUT2D eigenvalue weighted by atomic mass is 10.1. The van der Waals surface area contributed by atoms with Crippen molar-refractivity contribution >= 4 is 22.4 Å². The highest BCUT2D eigenvalue weighted by atomic mass is 16.1. The molecule has 76 valence electrons. The summed E-state index contributed by atoms with van der Waals surface area (Å²) in [5.74, 6) is 4.94. The Morgan fingerprint density at radius 1 is 1.20 bits per heavy atom. The third kappa shape index (κ3) is 1.62. The Morgan fingerprint density at radius 2 is 2.00 bits per heavy atom. The average molecular weight is 201 g/mol. The quantitative estimate of drug-likeness (QED) is 0.504. The van der Waals surface area contributed by atoms with Crippen molar-refractivity contribution in [1.29, 1.82) is 0 Å². The van der Waals surface area contributed by atoms with Crippen molar-refractivity contribution in [2.45, 2.75) is 0 Å². The van der Waals surface area contributed by atoms with Crippen LogP contribution >= 0.6 is 0 Å². The molecule has 0 heterocycles. The highest BCUT2D eigenvalue weighted by Gasteiger charge is 2.03. The van der Waals surface area contributed by atoms with Crippen LogP contribution in [0.15, 0.2) is 36.4 Å². The number of hydrogen-bond donors (Lipinski definition) is 3. The summed E-state index contributed by atoms with van der Waals surface area (Å²) in [5.41, 5.74) is 9.12. The molecule has 0 unspecified atom stereocenters. The highest BCUT2D eigenvalue weighted by molar-refractivity contribution is 6.00. The molecule has 0 saturated heterocycles. The topological polar surface area (TPSA) is 81.1 Å². The van der Waals surface area contributed by atoms with Crippen LogP contribution in [0.1, 0.15) is 10.4 Å². The van der Waals surface area contributed by atoms with Gasteiger partial charge in [-0.1, -0.05) is 18.2 Å². The first-order valence-corrected chi connectivity index (χ1v) is 4.51. The van der Waals surface area contributed by atoms with E-state index in [1.165, 1.54) is 0 Å². The van der Waals surface area contributed by atoms with Gasteiger partial charge in [0.2, 0.25) is 5.91 Å². The van der Waals surface area contributed by atoms with E-state index in [9.17, 15) is 4.79 Å². The van der Waals surface area contributed by atoms with Gasteiger partial charge in [-0.25, -0.2) is 0 Å². The maximum absolute atomic E-state index is 11.0. The Balaban J connectivity index is 2.69. The summed E-state index contributed by atoms with van der Waals surface area (Å²) in [6, 6.07) is 10.9. The monoisotopic (exact) mass is 201 g/mol. The Morgan fingerprint density at radius 3 is 2.67 bits per heavy atom. The molecule has 0 aromatic heterocycles. The molecule has 0 aliphatic rings. The van der Waals surface area contributed by atoms with Crippen molar-refractivity contribution in [2.24, 2.45) is 11.6 Å². The third-order valence-electron chi connectivity index (χ3n) is 2.32. The number of anilines is 1. The number of rotatable bonds is 2. The number of nitrogens with one attached hydrogen (secondary N) is 1. The number of hydrogen-bond acceptors (Lipinski definition) is 3. The summed E-state index contributed by atoms with van der Waals surface area (Å²) in [6.07, 6.45) is 0. The SMILES string of the molecule is NNc1cccc2cc(C(N)=O)ccc12. The highest BCUT2D eigenvalue weighted by Crippen LogP contribution is 2.23. The van der Waals surface area contributed by atoms with Crippen molar-refractivity contribution in [1.82, 2.24) is 0 Å². The van der Waals surface area contributed by atoms with Crippen LogP contribution < -0.4 is 17.0 Å². The Bertz CT molecular complexity index is 522. The van der Waals surface area contributed by atoms with Crippen molar-refractivity contribution in [3.05, 3.63) is 42.0 Å². The Labute approximate surface area is 86.8 Å². The predicted molar refractivity (Wildman–Crippen MR) is 60.3 cm³/mol. The van der Waals surface area contributed by atoms with Gasteiger partial charge in [0.15, 0.2) is 0 Å². The van der Waals surface area contributed by atoms with E-state index in [1.54, 1.807) is 12.1 Å². The van der Waals surface area contributed by atoms with Crippen LogP contribution in [0, 0.1) is 0 Å². The number of amides is 1. The average Bonchev–Trinajstić information content (AvgIpc) is 2.27. The zero-order valence-corrected chi connectivity index (χ0v) is 8.03. The van der Waals surface area contributed by atoms with E-state index in [4.69, 9.17) is 11.6 Å². The first-order valence-electron chi connectivity index (χ1n) is 4.51. The van der Waals surface area contributed by atoms with Crippen molar-refractivity contribution < 1.29 is 4.79 Å². The minimum atomic E-state index is -0.428. The molecule has 0 radical (unpaired) electrons. The van der Waals surface area contributed by atoms with Gasteiger partial charge < -0.3 is 11.2 Å². The zero-order valence-electron chi connectivity index (χ0n) is 8.03. The number of carbonyl (C=O) groups is 1. The lowest BCUT2D eigenvalue weighted by Gasteiger charge is -2.06. The number of nitrogens with two attached hydrogens (primary N) is 2. The largest absolute Gasteiger partial charge is 0.366 e. The maximum atomic E-state index is 11.0. The fourth-order valence-corrected chi connectivity index (χ4v) is 1.56. The lowest BCUT2D eigenvalue weighted by Crippen LogP contribution is -2.11. The molecule has 0 bridgehead atoms. The van der Waals surface area contributed by atoms with E-state index in [-0.39, 0.29) is 0 Å². The van der Waals surface area contributed by atoms with Gasteiger partial charge in [-0.05, 0) is 23.6 Å². The molecule has 4 heteroatoms. The third-order valence-corrected chi connectivity index (χ3v) is 2.32. The minimum absolute atomic E-state index is 0.428. The summed E-state index contributed by atoms with van der Waals surface area (Å²) >= 11 is 0. The van der Waals surface area contributed by atoms with Gasteiger partial charge >= 0.3 is 0 Å². The first-order chi connectivity index (χ1) is 7.22. The number of nitrogen functional groups attached to an aromatic ring is 1. The van der Waals surface area contributed by atoms with Gasteiger partial charge in [0.05, 0.1) is 5.69 Å². The molecule has 2 aromatic carbocycles. The number of hydrazine groups is 1. The molecule has 2 aromatic rings. The van der Waals surface area contributed by atoms with Crippen LogP contribution in [-0.4, -0.2) is 5.91 Å². The van der Waals surface area contributed by atoms with E-state index in [1.807, 2.05) is 24.3 Å². The van der Waals surface area contributed by atoms with Gasteiger partial charge in [0, 0.05) is 10.9 Å². The maximum Gasteiger partial charge on any atom is 0.248 e. The van der Waals surface area contributed by atoms with Crippen LogP contribution in [0.3, 0.4) is 0 Å². The van der Waals surface area contributed by atoms with Gasteiger partial charge in [-0.2, -0.15) is 0 Å². The molecule has 0 aliphatic heterocycles. The van der Waals surface area contributed by atoms with Gasteiger partial charge in [0.1, 0.15) is 0 Å². The second-order valence-electron chi connectivity index (χ2n) is 3.25. The van der Waals surface area contributed by atoms with E-state index >= 15 is 0 Å². The summed E-state index contributed by atoms with van der Waals surface area (Å²) in [4.78, 5) is 11.0. The normalized spacial score (nSPS) is 10.2. The van der Waals surface area contributed by atoms with Crippen LogP contribution in [0.4, 0.5) is 5.69 Å². The second kappa shape index (κ2) is 3.59. The van der Waals surface area contributed by atoms with E-state index in [0.717, 1.165) is 16.5 Å². The second-order valence-corrected chi connectivity index (χ2v) is 3.25. The van der Waals surface area contributed by atoms with Gasteiger partial charge in [0.25, 0.3) is 0 Å². The Hall–Kier alpha value is -2.07. The summed E-state index contributed by atoms with van der Waals surface area (Å²) < 4.78 is 0. The van der Waals surface area contributed by atoms with Crippen molar-refractivity contribution in [3.63, 3.8) is 0 Å². The van der Waals surface area contributed by atoms with Gasteiger partial charge in [-0.3, -0.25) is 10.6 Å². The van der Waals surface area contributed by atoms with Crippen LogP contribution in [0.5, 0.6) is 0 Å². The fraction of sp³-hybridized carbons (Fsp3) is 0. The molecule has 0 saturated carbocycles. The zero-order chi connectivity index (χ0) is 10.8. The molecule has 15 heavy (non-hydrogen) atoms. The van der Waals surface area contributed by atoms with Crippen LogP contribution in [0.2, 0.25) is 0 Å².